The van der Waals surface area contributed by atoms with Gasteiger partial charge in [-0.15, -0.1) is 0 Å². The number of rotatable bonds is 5. The zero-order valence-electron chi connectivity index (χ0n) is 9.17. The van der Waals surface area contributed by atoms with Crippen molar-refractivity contribution < 1.29 is 9.59 Å². The third-order valence-corrected chi connectivity index (χ3v) is 2.51. The molecule has 0 radical (unpaired) electrons. The van der Waals surface area contributed by atoms with Crippen LogP contribution < -0.4 is 16.4 Å². The van der Waals surface area contributed by atoms with Crippen molar-refractivity contribution in [2.45, 2.75) is 19.4 Å². The summed E-state index contributed by atoms with van der Waals surface area (Å²) in [7, 11) is 0. The second-order valence-electron chi connectivity index (χ2n) is 4.14. The molecular weight excluding hydrogens is 196 g/mol. The van der Waals surface area contributed by atoms with Crippen LogP contribution in [0.15, 0.2) is 0 Å². The summed E-state index contributed by atoms with van der Waals surface area (Å²) in [6.07, 6.45) is 0. The van der Waals surface area contributed by atoms with Crippen molar-refractivity contribution in [3.63, 3.8) is 0 Å². The highest BCUT2D eigenvalue weighted by molar-refractivity contribution is 5.83. The number of hydrogen-bond acceptors (Lipinski definition) is 3. The summed E-state index contributed by atoms with van der Waals surface area (Å²) < 4.78 is 0. The van der Waals surface area contributed by atoms with Crippen molar-refractivity contribution in [2.75, 3.05) is 26.2 Å². The molecule has 1 heterocycles. The second-order valence-corrected chi connectivity index (χ2v) is 4.14. The molecule has 1 fully saturated rings. The number of hydrogen-bond donors (Lipinski definition) is 3. The van der Waals surface area contributed by atoms with Gasteiger partial charge >= 0.3 is 6.03 Å². The molecule has 15 heavy (non-hydrogen) atoms. The Kier molecular flexibility index (Phi) is 3.52. The number of nitrogens with zero attached hydrogens (tertiary/aromatic N) is 1. The molecular formula is C9H18N4O2. The predicted molar refractivity (Wildman–Crippen MR) is 56.2 cm³/mol. The lowest BCUT2D eigenvalue weighted by molar-refractivity contribution is -0.123. The van der Waals surface area contributed by atoms with Crippen LogP contribution in [0.5, 0.6) is 0 Å². The van der Waals surface area contributed by atoms with Crippen LogP contribution in [-0.4, -0.2) is 48.6 Å². The van der Waals surface area contributed by atoms with Crippen molar-refractivity contribution in [3.8, 4) is 0 Å². The van der Waals surface area contributed by atoms with Gasteiger partial charge in [0.25, 0.3) is 0 Å². The fourth-order valence-electron chi connectivity index (χ4n) is 1.31. The number of urea groups is 1. The average Bonchev–Trinajstić information content (AvgIpc) is 2.51. The van der Waals surface area contributed by atoms with E-state index in [0.29, 0.717) is 19.6 Å². The minimum absolute atomic E-state index is 0.0475. The van der Waals surface area contributed by atoms with Crippen LogP contribution in [-0.2, 0) is 4.79 Å². The zero-order valence-corrected chi connectivity index (χ0v) is 9.17. The smallest absolute Gasteiger partial charge is 0.317 e. The van der Waals surface area contributed by atoms with Gasteiger partial charge < -0.3 is 21.3 Å². The summed E-state index contributed by atoms with van der Waals surface area (Å²) in [5.74, 6) is -0.395. The van der Waals surface area contributed by atoms with Gasteiger partial charge in [0.1, 0.15) is 0 Å². The maximum atomic E-state index is 11.2. The lowest BCUT2D eigenvalue weighted by Crippen LogP contribution is -2.52. The Hall–Kier alpha value is -1.30. The third kappa shape index (κ3) is 3.09. The van der Waals surface area contributed by atoms with Gasteiger partial charge in [0.05, 0.1) is 5.54 Å². The second kappa shape index (κ2) is 4.48. The average molecular weight is 214 g/mol. The Bertz CT molecular complexity index is 265. The number of amides is 3. The van der Waals surface area contributed by atoms with Crippen molar-refractivity contribution in [2.24, 2.45) is 5.73 Å². The van der Waals surface area contributed by atoms with E-state index < -0.39 is 11.4 Å². The van der Waals surface area contributed by atoms with Gasteiger partial charge in [-0.3, -0.25) is 4.79 Å². The van der Waals surface area contributed by atoms with E-state index in [9.17, 15) is 9.59 Å². The highest BCUT2D eigenvalue weighted by atomic mass is 16.2. The minimum Gasteiger partial charge on any atom is -0.368 e. The largest absolute Gasteiger partial charge is 0.368 e. The first kappa shape index (κ1) is 11.8. The van der Waals surface area contributed by atoms with E-state index >= 15 is 0 Å². The summed E-state index contributed by atoms with van der Waals surface area (Å²) in [6.45, 7) is 6.00. The van der Waals surface area contributed by atoms with E-state index in [1.807, 2.05) is 0 Å². The first-order chi connectivity index (χ1) is 6.93. The summed E-state index contributed by atoms with van der Waals surface area (Å²) in [5, 5.41) is 5.72. The molecule has 4 N–H and O–H groups in total. The Morgan fingerprint density at radius 2 is 2.33 bits per heavy atom. The number of primary amides is 1. The Balaban J connectivity index is 2.27. The first-order valence-corrected chi connectivity index (χ1v) is 5.01. The molecule has 1 aliphatic rings. The van der Waals surface area contributed by atoms with Crippen LogP contribution in [0.4, 0.5) is 4.79 Å². The molecule has 0 saturated carbocycles. The molecule has 0 bridgehead atoms. The minimum atomic E-state index is -0.726. The number of nitrogens with two attached hydrogens (primary N) is 1. The van der Waals surface area contributed by atoms with Gasteiger partial charge in [-0.25, -0.2) is 4.79 Å². The maximum absolute atomic E-state index is 11.2. The van der Waals surface area contributed by atoms with Crippen LogP contribution in [0, 0.1) is 0 Å². The molecule has 0 aromatic carbocycles. The monoisotopic (exact) mass is 214 g/mol. The lowest BCUT2D eigenvalue weighted by atomic mass is 10.1. The molecule has 1 aliphatic heterocycles. The molecule has 1 saturated heterocycles. The van der Waals surface area contributed by atoms with Crippen molar-refractivity contribution in [3.05, 3.63) is 0 Å². The van der Waals surface area contributed by atoms with E-state index in [-0.39, 0.29) is 6.03 Å². The van der Waals surface area contributed by atoms with E-state index in [2.05, 4.69) is 10.6 Å². The van der Waals surface area contributed by atoms with Gasteiger partial charge in [-0.1, -0.05) is 0 Å². The van der Waals surface area contributed by atoms with E-state index in [4.69, 9.17) is 5.73 Å². The molecule has 6 heteroatoms. The van der Waals surface area contributed by atoms with Gasteiger partial charge in [0.2, 0.25) is 5.91 Å². The van der Waals surface area contributed by atoms with Crippen LogP contribution in [0.2, 0.25) is 0 Å². The quantitative estimate of drug-likeness (QED) is 0.541. The fourth-order valence-corrected chi connectivity index (χ4v) is 1.31. The van der Waals surface area contributed by atoms with E-state index in [1.165, 1.54) is 0 Å². The summed E-state index contributed by atoms with van der Waals surface area (Å²) in [5.41, 5.74) is 4.47. The molecule has 1 rings (SSSR count). The van der Waals surface area contributed by atoms with Crippen LogP contribution in [0.25, 0.3) is 0 Å². The van der Waals surface area contributed by atoms with E-state index in [1.54, 1.807) is 18.7 Å². The molecule has 0 aromatic heterocycles. The SMILES string of the molecule is CC(C)(NCCN1CCNC1=O)C(N)=O. The maximum Gasteiger partial charge on any atom is 0.317 e. The van der Waals surface area contributed by atoms with Gasteiger partial charge in [-0.2, -0.15) is 0 Å². The summed E-state index contributed by atoms with van der Waals surface area (Å²) in [4.78, 5) is 23.8. The topological polar surface area (TPSA) is 87.5 Å². The standard InChI is InChI=1S/C9H18N4O2/c1-9(2,7(10)14)12-4-6-13-5-3-11-8(13)15/h12H,3-6H2,1-2H3,(H2,10,14)(H,11,15). The summed E-state index contributed by atoms with van der Waals surface area (Å²) >= 11 is 0. The Morgan fingerprint density at radius 3 is 2.80 bits per heavy atom. The van der Waals surface area contributed by atoms with Crippen molar-refractivity contribution in [1.29, 1.82) is 0 Å². The van der Waals surface area contributed by atoms with Gasteiger partial charge in [0.15, 0.2) is 0 Å². The third-order valence-electron chi connectivity index (χ3n) is 2.51. The highest BCUT2D eigenvalue weighted by Gasteiger charge is 2.25. The normalized spacial score (nSPS) is 16.7. The Labute approximate surface area is 89.2 Å². The van der Waals surface area contributed by atoms with Crippen molar-refractivity contribution in [1.82, 2.24) is 15.5 Å². The van der Waals surface area contributed by atoms with Crippen LogP contribution in [0.3, 0.4) is 0 Å². The first-order valence-electron chi connectivity index (χ1n) is 5.01. The molecule has 0 aromatic rings. The lowest BCUT2D eigenvalue weighted by Gasteiger charge is -2.24. The molecule has 86 valence electrons. The van der Waals surface area contributed by atoms with Crippen molar-refractivity contribution >= 4 is 11.9 Å². The fraction of sp³-hybridized carbons (Fsp3) is 0.778. The Morgan fingerprint density at radius 1 is 1.67 bits per heavy atom. The van der Waals surface area contributed by atoms with Gasteiger partial charge in [-0.05, 0) is 13.8 Å². The molecule has 0 unspecified atom stereocenters. The zero-order chi connectivity index (χ0) is 11.5. The molecule has 3 amide bonds. The highest BCUT2D eigenvalue weighted by Crippen LogP contribution is 2.00. The van der Waals surface area contributed by atoms with Crippen LogP contribution >= 0.6 is 0 Å². The van der Waals surface area contributed by atoms with E-state index in [0.717, 1.165) is 6.54 Å². The number of nitrogens with one attached hydrogen (secondary N) is 2. The van der Waals surface area contributed by atoms with Crippen LogP contribution in [0.1, 0.15) is 13.8 Å². The van der Waals surface area contributed by atoms with Gasteiger partial charge in [0, 0.05) is 26.2 Å². The molecule has 0 spiro atoms. The predicted octanol–water partition coefficient (Wildman–Crippen LogP) is -1.13. The molecule has 6 nitrogen and oxygen atoms in total. The molecule has 0 aliphatic carbocycles. The number of carbonyl (C=O) groups is 2. The number of carbonyl (C=O) groups excluding carboxylic acids is 2. The molecule has 0 atom stereocenters. The summed E-state index contributed by atoms with van der Waals surface area (Å²) in [6, 6.07) is -0.0475.